The lowest BCUT2D eigenvalue weighted by Gasteiger charge is -2.48. The predicted molar refractivity (Wildman–Crippen MR) is 98.2 cm³/mol. The van der Waals surface area contributed by atoms with Gasteiger partial charge in [-0.2, -0.15) is 0 Å². The molecule has 25 heavy (non-hydrogen) atoms. The van der Waals surface area contributed by atoms with Gasteiger partial charge in [-0.3, -0.25) is 0 Å². The molecule has 2 aromatic rings. The quantitative estimate of drug-likeness (QED) is 0.846. The summed E-state index contributed by atoms with van der Waals surface area (Å²) in [6.45, 7) is 2.51. The minimum atomic E-state index is -0.0286. The van der Waals surface area contributed by atoms with Gasteiger partial charge in [-0.05, 0) is 50.5 Å². The van der Waals surface area contributed by atoms with Gasteiger partial charge in [0.05, 0.1) is 19.3 Å². The molecule has 2 aromatic carbocycles. The second-order valence-corrected chi connectivity index (χ2v) is 6.99. The molecular formula is C21H25NO3. The van der Waals surface area contributed by atoms with E-state index in [2.05, 4.69) is 23.5 Å². The number of nitrogens with one attached hydrogen (secondary N) is 1. The van der Waals surface area contributed by atoms with Crippen molar-refractivity contribution in [2.75, 3.05) is 11.9 Å². The SMILES string of the molecule is CCOc1ccc(NC2CC3(CCC3)Oc3ccccc32)cc1CO. The zero-order valence-electron chi connectivity index (χ0n) is 14.6. The number of anilines is 1. The lowest BCUT2D eigenvalue weighted by molar-refractivity contribution is -0.0309. The van der Waals surface area contributed by atoms with Crippen LogP contribution >= 0.6 is 0 Å². The van der Waals surface area contributed by atoms with Gasteiger partial charge < -0.3 is 19.9 Å². The molecule has 1 heterocycles. The third-order valence-corrected chi connectivity index (χ3v) is 5.33. The molecule has 1 fully saturated rings. The van der Waals surface area contributed by atoms with Crippen molar-refractivity contribution in [2.24, 2.45) is 0 Å². The molecule has 0 radical (unpaired) electrons. The Morgan fingerprint density at radius 1 is 1.24 bits per heavy atom. The van der Waals surface area contributed by atoms with Crippen LogP contribution in [0.15, 0.2) is 42.5 Å². The van der Waals surface area contributed by atoms with Gasteiger partial charge in [-0.25, -0.2) is 0 Å². The van der Waals surface area contributed by atoms with Gasteiger partial charge in [-0.1, -0.05) is 18.2 Å². The van der Waals surface area contributed by atoms with Crippen LogP contribution in [0, 0.1) is 0 Å². The summed E-state index contributed by atoms with van der Waals surface area (Å²) in [5, 5.41) is 13.3. The molecule has 1 aliphatic carbocycles. The van der Waals surface area contributed by atoms with Crippen molar-refractivity contribution in [1.82, 2.24) is 0 Å². The zero-order valence-corrected chi connectivity index (χ0v) is 14.6. The molecule has 0 bridgehead atoms. The van der Waals surface area contributed by atoms with Crippen LogP contribution in [-0.4, -0.2) is 17.3 Å². The van der Waals surface area contributed by atoms with E-state index in [9.17, 15) is 5.11 Å². The second-order valence-electron chi connectivity index (χ2n) is 6.99. The summed E-state index contributed by atoms with van der Waals surface area (Å²) in [4.78, 5) is 0. The highest BCUT2D eigenvalue weighted by molar-refractivity contribution is 5.54. The average Bonchev–Trinajstić information content (AvgIpc) is 2.61. The lowest BCUT2D eigenvalue weighted by Crippen LogP contribution is -2.48. The van der Waals surface area contributed by atoms with E-state index in [4.69, 9.17) is 9.47 Å². The van der Waals surface area contributed by atoms with Crippen LogP contribution in [0.2, 0.25) is 0 Å². The molecule has 0 amide bonds. The van der Waals surface area contributed by atoms with Gasteiger partial charge in [-0.15, -0.1) is 0 Å². The number of hydrogen-bond acceptors (Lipinski definition) is 4. The smallest absolute Gasteiger partial charge is 0.125 e. The number of fused-ring (bicyclic) bond motifs is 1. The van der Waals surface area contributed by atoms with E-state index in [1.54, 1.807) is 0 Å². The van der Waals surface area contributed by atoms with E-state index in [0.717, 1.165) is 42.0 Å². The van der Waals surface area contributed by atoms with Crippen LogP contribution in [0.25, 0.3) is 0 Å². The topological polar surface area (TPSA) is 50.7 Å². The van der Waals surface area contributed by atoms with Crippen molar-refractivity contribution in [3.05, 3.63) is 53.6 Å². The number of aliphatic hydroxyl groups excluding tert-OH is 1. The largest absolute Gasteiger partial charge is 0.494 e. The Morgan fingerprint density at radius 2 is 2.08 bits per heavy atom. The van der Waals surface area contributed by atoms with Crippen molar-refractivity contribution < 1.29 is 14.6 Å². The van der Waals surface area contributed by atoms with Crippen molar-refractivity contribution >= 4 is 5.69 Å². The molecule has 2 aliphatic rings. The van der Waals surface area contributed by atoms with E-state index < -0.39 is 0 Å². The molecule has 4 rings (SSSR count). The summed E-state index contributed by atoms with van der Waals surface area (Å²) in [6, 6.07) is 14.5. The Bertz CT molecular complexity index is 755. The van der Waals surface area contributed by atoms with Gasteiger partial charge >= 0.3 is 0 Å². The highest BCUT2D eigenvalue weighted by Crippen LogP contribution is 2.49. The molecular weight excluding hydrogens is 314 g/mol. The van der Waals surface area contributed by atoms with Crippen molar-refractivity contribution in [1.29, 1.82) is 0 Å². The summed E-state index contributed by atoms with van der Waals surface area (Å²) in [5.41, 5.74) is 3.02. The Balaban J connectivity index is 1.61. The standard InChI is InChI=1S/C21H25NO3/c1-2-24-19-9-8-16(12-15(19)14-23)22-18-13-21(10-5-11-21)25-20-7-4-3-6-17(18)20/h3-4,6-9,12,18,22-23H,2,5,10-11,13-14H2,1H3. The van der Waals surface area contributed by atoms with Crippen LogP contribution in [0.4, 0.5) is 5.69 Å². The molecule has 4 nitrogen and oxygen atoms in total. The number of aliphatic hydroxyl groups is 1. The maximum absolute atomic E-state index is 9.64. The highest BCUT2D eigenvalue weighted by atomic mass is 16.5. The molecule has 2 N–H and O–H groups in total. The maximum Gasteiger partial charge on any atom is 0.125 e. The van der Waals surface area contributed by atoms with Crippen molar-refractivity contribution in [2.45, 2.75) is 50.9 Å². The highest BCUT2D eigenvalue weighted by Gasteiger charge is 2.45. The zero-order chi connectivity index (χ0) is 17.3. The van der Waals surface area contributed by atoms with Crippen LogP contribution in [0.5, 0.6) is 11.5 Å². The Labute approximate surface area is 148 Å². The summed E-state index contributed by atoms with van der Waals surface area (Å²) in [5.74, 6) is 1.75. The normalized spacial score (nSPS) is 20.3. The predicted octanol–water partition coefficient (Wildman–Crippen LogP) is 4.44. The molecule has 1 aliphatic heterocycles. The number of rotatable bonds is 5. The summed E-state index contributed by atoms with van der Waals surface area (Å²) in [6.07, 6.45) is 4.48. The second kappa shape index (κ2) is 6.60. The fraction of sp³-hybridized carbons (Fsp3) is 0.429. The third-order valence-electron chi connectivity index (χ3n) is 5.33. The first kappa shape index (κ1) is 16.3. The van der Waals surface area contributed by atoms with Crippen LogP contribution in [0.1, 0.15) is 49.8 Å². The van der Waals surface area contributed by atoms with Crippen molar-refractivity contribution in [3.63, 3.8) is 0 Å². The Morgan fingerprint density at radius 3 is 2.80 bits per heavy atom. The van der Waals surface area contributed by atoms with Gasteiger partial charge in [0.2, 0.25) is 0 Å². The third kappa shape index (κ3) is 3.07. The van der Waals surface area contributed by atoms with Crippen molar-refractivity contribution in [3.8, 4) is 11.5 Å². The van der Waals surface area contributed by atoms with Crippen LogP contribution in [0.3, 0.4) is 0 Å². The van der Waals surface area contributed by atoms with E-state index in [1.165, 1.54) is 12.0 Å². The molecule has 1 unspecified atom stereocenters. The fourth-order valence-electron chi connectivity index (χ4n) is 3.91. The van der Waals surface area contributed by atoms with Gasteiger partial charge in [0, 0.05) is 23.2 Å². The first-order chi connectivity index (χ1) is 12.2. The maximum atomic E-state index is 9.64. The van der Waals surface area contributed by atoms with Crippen LogP contribution < -0.4 is 14.8 Å². The first-order valence-corrected chi connectivity index (χ1v) is 9.14. The minimum absolute atomic E-state index is 0.00289. The number of hydrogen-bond donors (Lipinski definition) is 2. The minimum Gasteiger partial charge on any atom is -0.494 e. The first-order valence-electron chi connectivity index (χ1n) is 9.14. The molecule has 1 atom stereocenters. The fourth-order valence-corrected chi connectivity index (χ4v) is 3.91. The monoisotopic (exact) mass is 339 g/mol. The average molecular weight is 339 g/mol. The number of ether oxygens (including phenoxy) is 2. The van der Waals surface area contributed by atoms with Gasteiger partial charge in [0.15, 0.2) is 0 Å². The molecule has 1 saturated carbocycles. The van der Waals surface area contributed by atoms with E-state index in [1.807, 2.05) is 31.2 Å². The lowest BCUT2D eigenvalue weighted by atomic mass is 9.73. The van der Waals surface area contributed by atoms with E-state index in [0.29, 0.717) is 6.61 Å². The Kier molecular flexibility index (Phi) is 4.30. The molecule has 0 saturated heterocycles. The number of benzene rings is 2. The molecule has 132 valence electrons. The Hall–Kier alpha value is -2.20. The summed E-state index contributed by atoms with van der Waals surface area (Å²) < 4.78 is 11.9. The number of para-hydroxylation sites is 1. The molecule has 4 heteroatoms. The van der Waals surface area contributed by atoms with E-state index in [-0.39, 0.29) is 18.2 Å². The van der Waals surface area contributed by atoms with Crippen LogP contribution in [-0.2, 0) is 6.61 Å². The van der Waals surface area contributed by atoms with E-state index >= 15 is 0 Å². The van der Waals surface area contributed by atoms with Gasteiger partial charge in [0.1, 0.15) is 17.1 Å². The van der Waals surface area contributed by atoms with Gasteiger partial charge in [0.25, 0.3) is 0 Å². The molecule has 0 aromatic heterocycles. The summed E-state index contributed by atoms with van der Waals surface area (Å²) >= 11 is 0. The molecule has 1 spiro atoms. The summed E-state index contributed by atoms with van der Waals surface area (Å²) in [7, 11) is 0.